The molecule has 1 aliphatic heterocycles. The van der Waals surface area contributed by atoms with E-state index < -0.39 is 0 Å². The fourth-order valence-corrected chi connectivity index (χ4v) is 3.54. The molecule has 1 unspecified atom stereocenters. The van der Waals surface area contributed by atoms with E-state index in [0.717, 1.165) is 30.5 Å². The number of rotatable bonds is 7. The molecule has 1 amide bonds. The SMILES string of the molecule is COc1cc(C#N)ccc1OCC1CCCN(C(=O)Cc2ccc(CO)cc2)C1. The molecule has 0 saturated carbocycles. The molecule has 1 fully saturated rings. The summed E-state index contributed by atoms with van der Waals surface area (Å²) in [5, 5.41) is 18.1. The van der Waals surface area contributed by atoms with Crippen molar-refractivity contribution in [3.8, 4) is 17.6 Å². The molecule has 0 radical (unpaired) electrons. The maximum Gasteiger partial charge on any atom is 0.227 e. The normalized spacial score (nSPS) is 16.2. The fraction of sp³-hybridized carbons (Fsp3) is 0.391. The summed E-state index contributed by atoms with van der Waals surface area (Å²) >= 11 is 0. The van der Waals surface area contributed by atoms with Gasteiger partial charge in [0, 0.05) is 25.1 Å². The van der Waals surface area contributed by atoms with Gasteiger partial charge in [0.1, 0.15) is 0 Å². The minimum Gasteiger partial charge on any atom is -0.493 e. The number of benzene rings is 2. The molecule has 152 valence electrons. The summed E-state index contributed by atoms with van der Waals surface area (Å²) in [6.07, 6.45) is 2.32. The van der Waals surface area contributed by atoms with Gasteiger partial charge in [-0.3, -0.25) is 4.79 Å². The second-order valence-electron chi connectivity index (χ2n) is 7.29. The van der Waals surface area contributed by atoms with E-state index in [1.807, 2.05) is 29.2 Å². The highest BCUT2D eigenvalue weighted by Crippen LogP contribution is 2.29. The topological polar surface area (TPSA) is 82.8 Å². The average molecular weight is 394 g/mol. The molecule has 29 heavy (non-hydrogen) atoms. The van der Waals surface area contributed by atoms with E-state index in [4.69, 9.17) is 19.8 Å². The fourth-order valence-electron chi connectivity index (χ4n) is 3.54. The number of methoxy groups -OCH3 is 1. The lowest BCUT2D eigenvalue weighted by atomic mass is 9.98. The molecule has 2 aromatic carbocycles. The van der Waals surface area contributed by atoms with Crippen LogP contribution in [0.5, 0.6) is 11.5 Å². The third kappa shape index (κ3) is 5.49. The number of hydrogen-bond donors (Lipinski definition) is 1. The molecule has 1 aliphatic rings. The first-order valence-corrected chi connectivity index (χ1v) is 9.80. The molecule has 1 atom stereocenters. The molecule has 6 heteroatoms. The van der Waals surface area contributed by atoms with E-state index in [9.17, 15) is 4.79 Å². The minimum absolute atomic E-state index is 0.00601. The van der Waals surface area contributed by atoms with E-state index in [1.54, 1.807) is 25.3 Å². The Bertz CT molecular complexity index is 873. The van der Waals surface area contributed by atoms with Gasteiger partial charge in [-0.1, -0.05) is 24.3 Å². The second-order valence-corrected chi connectivity index (χ2v) is 7.29. The maximum absolute atomic E-state index is 12.7. The Labute approximate surface area is 171 Å². The molecule has 0 bridgehead atoms. The van der Waals surface area contributed by atoms with Crippen LogP contribution in [0.15, 0.2) is 42.5 Å². The largest absolute Gasteiger partial charge is 0.493 e. The smallest absolute Gasteiger partial charge is 0.227 e. The van der Waals surface area contributed by atoms with E-state index in [1.165, 1.54) is 0 Å². The van der Waals surface area contributed by atoms with Crippen molar-refractivity contribution in [2.75, 3.05) is 26.8 Å². The van der Waals surface area contributed by atoms with Crippen LogP contribution in [0, 0.1) is 17.2 Å². The maximum atomic E-state index is 12.7. The summed E-state index contributed by atoms with van der Waals surface area (Å²) in [4.78, 5) is 14.6. The Kier molecular flexibility index (Phi) is 7.09. The standard InChI is InChI=1S/C23H26N2O4/c1-28-22-11-19(13-24)8-9-21(22)29-16-20-3-2-10-25(14-20)23(27)12-17-4-6-18(15-26)7-5-17/h4-9,11,20,26H,2-3,10,12,14-16H2,1H3. The zero-order chi connectivity index (χ0) is 20.6. The molecular weight excluding hydrogens is 368 g/mol. The highest BCUT2D eigenvalue weighted by atomic mass is 16.5. The third-order valence-electron chi connectivity index (χ3n) is 5.20. The summed E-state index contributed by atoms with van der Waals surface area (Å²) in [6, 6.07) is 14.7. The predicted octanol–water partition coefficient (Wildman–Crippen LogP) is 2.92. The first-order chi connectivity index (χ1) is 14.1. The Morgan fingerprint density at radius 1 is 1.21 bits per heavy atom. The van der Waals surface area contributed by atoms with E-state index >= 15 is 0 Å². The molecule has 1 heterocycles. The first kappa shape index (κ1) is 20.7. The Hall–Kier alpha value is -3.04. The van der Waals surface area contributed by atoms with E-state index in [0.29, 0.717) is 36.6 Å². The van der Waals surface area contributed by atoms with Crippen molar-refractivity contribution in [2.45, 2.75) is 25.9 Å². The molecule has 0 spiro atoms. The van der Waals surface area contributed by atoms with Gasteiger partial charge in [-0.05, 0) is 36.1 Å². The van der Waals surface area contributed by atoms with Crippen LogP contribution in [-0.4, -0.2) is 42.7 Å². The number of aliphatic hydroxyl groups is 1. The molecule has 0 aliphatic carbocycles. The first-order valence-electron chi connectivity index (χ1n) is 9.80. The van der Waals surface area contributed by atoms with Crippen LogP contribution in [0.2, 0.25) is 0 Å². The summed E-state index contributed by atoms with van der Waals surface area (Å²) < 4.78 is 11.3. The number of ether oxygens (including phenoxy) is 2. The zero-order valence-corrected chi connectivity index (χ0v) is 16.6. The lowest BCUT2D eigenvalue weighted by Crippen LogP contribution is -2.42. The van der Waals surface area contributed by atoms with Crippen molar-refractivity contribution >= 4 is 5.91 Å². The molecule has 1 N–H and O–H groups in total. The van der Waals surface area contributed by atoms with E-state index in [2.05, 4.69) is 6.07 Å². The van der Waals surface area contributed by atoms with Crippen molar-refractivity contribution in [3.05, 3.63) is 59.2 Å². The number of carbonyl (C=O) groups excluding carboxylic acids is 1. The molecule has 6 nitrogen and oxygen atoms in total. The van der Waals surface area contributed by atoms with Gasteiger partial charge in [0.25, 0.3) is 0 Å². The van der Waals surface area contributed by atoms with Crippen molar-refractivity contribution in [1.29, 1.82) is 5.26 Å². The molecular formula is C23H26N2O4. The van der Waals surface area contributed by atoms with Crippen LogP contribution in [0.4, 0.5) is 0 Å². The monoisotopic (exact) mass is 394 g/mol. The Balaban J connectivity index is 1.55. The average Bonchev–Trinajstić information content (AvgIpc) is 2.78. The van der Waals surface area contributed by atoms with Crippen molar-refractivity contribution < 1.29 is 19.4 Å². The molecule has 2 aromatic rings. The van der Waals surface area contributed by atoms with Gasteiger partial charge in [-0.2, -0.15) is 5.26 Å². The van der Waals surface area contributed by atoms with Crippen LogP contribution in [-0.2, 0) is 17.8 Å². The van der Waals surface area contributed by atoms with Crippen LogP contribution in [0.3, 0.4) is 0 Å². The number of hydrogen-bond acceptors (Lipinski definition) is 5. The van der Waals surface area contributed by atoms with Gasteiger partial charge >= 0.3 is 0 Å². The molecule has 3 rings (SSSR count). The number of carbonyl (C=O) groups is 1. The summed E-state index contributed by atoms with van der Waals surface area (Å²) in [5.74, 6) is 1.52. The summed E-state index contributed by atoms with van der Waals surface area (Å²) in [7, 11) is 1.55. The number of amides is 1. The van der Waals surface area contributed by atoms with Gasteiger partial charge in [0.05, 0.1) is 38.4 Å². The highest BCUT2D eigenvalue weighted by Gasteiger charge is 2.24. The minimum atomic E-state index is 0.00601. The predicted molar refractivity (Wildman–Crippen MR) is 109 cm³/mol. The Morgan fingerprint density at radius 2 is 1.97 bits per heavy atom. The number of piperidine rings is 1. The second kappa shape index (κ2) is 9.94. The molecule has 0 aromatic heterocycles. The van der Waals surface area contributed by atoms with Crippen molar-refractivity contribution in [2.24, 2.45) is 5.92 Å². The summed E-state index contributed by atoms with van der Waals surface area (Å²) in [6.45, 7) is 1.94. The quantitative estimate of drug-likeness (QED) is 0.781. The van der Waals surface area contributed by atoms with Crippen LogP contribution in [0.25, 0.3) is 0 Å². The van der Waals surface area contributed by atoms with E-state index in [-0.39, 0.29) is 18.4 Å². The highest BCUT2D eigenvalue weighted by molar-refractivity contribution is 5.78. The summed E-state index contributed by atoms with van der Waals surface area (Å²) in [5.41, 5.74) is 2.32. The van der Waals surface area contributed by atoms with Crippen molar-refractivity contribution in [1.82, 2.24) is 4.90 Å². The van der Waals surface area contributed by atoms with Crippen LogP contribution in [0.1, 0.15) is 29.5 Å². The zero-order valence-electron chi connectivity index (χ0n) is 16.6. The van der Waals surface area contributed by atoms with Crippen molar-refractivity contribution in [3.63, 3.8) is 0 Å². The van der Waals surface area contributed by atoms with Crippen LogP contribution < -0.4 is 9.47 Å². The number of nitriles is 1. The van der Waals surface area contributed by atoms with Gasteiger partial charge in [-0.15, -0.1) is 0 Å². The van der Waals surface area contributed by atoms with Gasteiger partial charge < -0.3 is 19.5 Å². The van der Waals surface area contributed by atoms with Gasteiger partial charge in [-0.25, -0.2) is 0 Å². The number of likely N-dealkylation sites (tertiary alicyclic amines) is 1. The number of aliphatic hydroxyl groups excluding tert-OH is 1. The lowest BCUT2D eigenvalue weighted by molar-refractivity contribution is -0.132. The van der Waals surface area contributed by atoms with Crippen LogP contribution >= 0.6 is 0 Å². The Morgan fingerprint density at radius 3 is 2.66 bits per heavy atom. The number of nitrogens with zero attached hydrogens (tertiary/aromatic N) is 2. The van der Waals surface area contributed by atoms with Gasteiger partial charge in [0.2, 0.25) is 5.91 Å². The third-order valence-corrected chi connectivity index (χ3v) is 5.20. The molecule has 1 saturated heterocycles. The van der Waals surface area contributed by atoms with Gasteiger partial charge in [0.15, 0.2) is 11.5 Å². The lowest BCUT2D eigenvalue weighted by Gasteiger charge is -2.33.